The lowest BCUT2D eigenvalue weighted by Crippen LogP contribution is -2.70. The minimum absolute atomic E-state index is 0.0265. The molecule has 6 rings (SSSR count). The first kappa shape index (κ1) is 35.4. The number of carbonyl (C=O) groups is 3. The number of nitrogens with one attached hydrogen (secondary N) is 2. The fourth-order valence-electron chi connectivity index (χ4n) is 8.08. The highest BCUT2D eigenvalue weighted by Crippen LogP contribution is 2.40. The Labute approximate surface area is 289 Å². The van der Waals surface area contributed by atoms with Gasteiger partial charge in [0.05, 0.1) is 10.6 Å². The van der Waals surface area contributed by atoms with Gasteiger partial charge in [-0.25, -0.2) is 9.59 Å². The lowest BCUT2D eigenvalue weighted by molar-refractivity contribution is -0.137. The smallest absolute Gasteiger partial charge is 0.417 e. The van der Waals surface area contributed by atoms with Gasteiger partial charge in [-0.05, 0) is 74.5 Å². The number of nitrogens with zero attached hydrogens (tertiary/aromatic N) is 4. The molecule has 0 spiro atoms. The van der Waals surface area contributed by atoms with Crippen LogP contribution >= 0.6 is 11.6 Å². The van der Waals surface area contributed by atoms with E-state index in [1.165, 1.54) is 6.07 Å². The standard InChI is InChI=1S/C35H44ClF3N6O4/c36-30-22-25(6-7-29(30)35(37,38)39)24-49-33(48)45-19-11-28(44-18-8-26-4-1-2-5-31(26)41-32(44)47)23-34(45,12-21-46)43-16-9-27(10-17-43)42-15-3-13-40-14-20-42/h1-2,4-7,21-22,27-28,40H,3,8-20,23-24H2,(H,41,47)/t28?,34-/m0/s1. The van der Waals surface area contributed by atoms with Crippen molar-refractivity contribution in [3.05, 3.63) is 64.2 Å². The highest BCUT2D eigenvalue weighted by Gasteiger charge is 2.52. The van der Waals surface area contributed by atoms with Gasteiger partial charge < -0.3 is 25.1 Å². The van der Waals surface area contributed by atoms with Crippen LogP contribution in [0.2, 0.25) is 5.02 Å². The Morgan fingerprint density at radius 1 is 1.00 bits per heavy atom. The Morgan fingerprint density at radius 2 is 1.78 bits per heavy atom. The molecule has 2 aromatic carbocycles. The van der Waals surface area contributed by atoms with Gasteiger partial charge >= 0.3 is 18.3 Å². The van der Waals surface area contributed by atoms with Crippen LogP contribution in [0.1, 0.15) is 55.2 Å². The minimum atomic E-state index is -4.60. The molecule has 3 amide bonds. The van der Waals surface area contributed by atoms with Crippen molar-refractivity contribution < 1.29 is 32.3 Å². The highest BCUT2D eigenvalue weighted by molar-refractivity contribution is 6.31. The number of piperidine rings is 2. The molecule has 0 radical (unpaired) electrons. The molecule has 4 aliphatic heterocycles. The van der Waals surface area contributed by atoms with E-state index in [0.717, 1.165) is 75.1 Å². The summed E-state index contributed by atoms with van der Waals surface area (Å²) in [5.41, 5.74) is 0.133. The number of halogens is 4. The molecule has 49 heavy (non-hydrogen) atoms. The average molecular weight is 705 g/mol. The van der Waals surface area contributed by atoms with E-state index in [4.69, 9.17) is 16.3 Å². The molecule has 0 saturated carbocycles. The molecule has 2 N–H and O–H groups in total. The van der Waals surface area contributed by atoms with Gasteiger partial charge in [-0.15, -0.1) is 0 Å². The maximum atomic E-state index is 14.0. The summed E-state index contributed by atoms with van der Waals surface area (Å²) in [4.78, 5) is 48.3. The molecule has 0 aliphatic carbocycles. The summed E-state index contributed by atoms with van der Waals surface area (Å²) in [5.74, 6) is 0. The molecule has 3 saturated heterocycles. The van der Waals surface area contributed by atoms with Crippen molar-refractivity contribution in [2.75, 3.05) is 57.7 Å². The number of anilines is 1. The van der Waals surface area contributed by atoms with Crippen LogP contribution in [0.15, 0.2) is 42.5 Å². The number of alkyl halides is 3. The minimum Gasteiger partial charge on any atom is -0.444 e. The zero-order valence-electron chi connectivity index (χ0n) is 27.5. The van der Waals surface area contributed by atoms with Gasteiger partial charge in [-0.3, -0.25) is 14.7 Å². The second kappa shape index (κ2) is 15.2. The first-order valence-electron chi connectivity index (χ1n) is 17.2. The Morgan fingerprint density at radius 3 is 2.53 bits per heavy atom. The van der Waals surface area contributed by atoms with Crippen LogP contribution in [0.4, 0.5) is 28.4 Å². The van der Waals surface area contributed by atoms with Crippen LogP contribution < -0.4 is 10.6 Å². The van der Waals surface area contributed by atoms with Gasteiger partial charge in [-0.2, -0.15) is 13.2 Å². The molecule has 4 aliphatic rings. The van der Waals surface area contributed by atoms with E-state index in [1.54, 1.807) is 4.90 Å². The third-order valence-electron chi connectivity index (χ3n) is 10.6. The number of ether oxygens (including phenoxy) is 1. The Balaban J connectivity index is 1.23. The molecule has 2 atom stereocenters. The van der Waals surface area contributed by atoms with Crippen molar-refractivity contribution in [2.45, 2.75) is 75.5 Å². The number of para-hydroxylation sites is 1. The molecule has 3 fully saturated rings. The van der Waals surface area contributed by atoms with Gasteiger partial charge in [0.25, 0.3) is 0 Å². The SMILES string of the molecule is O=CC[C@@]1(N2CCC(N3CCCNCC3)CC2)CC(N2CCc3ccccc3NC2=O)CCN1C(=O)OCc1ccc(C(F)(F)F)c(Cl)c1. The number of amides is 3. The topological polar surface area (TPSA) is 97.5 Å². The molecule has 0 bridgehead atoms. The van der Waals surface area contributed by atoms with Crippen LogP contribution in [0.5, 0.6) is 0 Å². The number of hydrogen-bond donors (Lipinski definition) is 2. The van der Waals surface area contributed by atoms with E-state index in [0.29, 0.717) is 50.5 Å². The summed E-state index contributed by atoms with van der Waals surface area (Å²) in [7, 11) is 0. The quantitative estimate of drug-likeness (QED) is 0.363. The summed E-state index contributed by atoms with van der Waals surface area (Å²) in [5, 5.41) is 6.04. The zero-order valence-corrected chi connectivity index (χ0v) is 28.3. The number of urea groups is 1. The molecule has 2 aromatic rings. The van der Waals surface area contributed by atoms with Crippen molar-refractivity contribution in [1.29, 1.82) is 0 Å². The number of aldehydes is 1. The summed E-state index contributed by atoms with van der Waals surface area (Å²) in [6.45, 7) is 5.71. The summed E-state index contributed by atoms with van der Waals surface area (Å²) in [6, 6.07) is 10.9. The summed E-state index contributed by atoms with van der Waals surface area (Å²) >= 11 is 5.93. The van der Waals surface area contributed by atoms with E-state index >= 15 is 0 Å². The predicted molar refractivity (Wildman–Crippen MR) is 179 cm³/mol. The third-order valence-corrected chi connectivity index (χ3v) is 10.9. The molecule has 1 unspecified atom stereocenters. The van der Waals surface area contributed by atoms with Crippen molar-refractivity contribution in [1.82, 2.24) is 24.9 Å². The molecule has 10 nitrogen and oxygen atoms in total. The maximum absolute atomic E-state index is 14.0. The molecule has 4 heterocycles. The number of fused-ring (bicyclic) bond motifs is 1. The van der Waals surface area contributed by atoms with E-state index in [-0.39, 0.29) is 31.6 Å². The number of carbonyl (C=O) groups excluding carboxylic acids is 3. The van der Waals surface area contributed by atoms with Gasteiger partial charge in [0.1, 0.15) is 18.6 Å². The van der Waals surface area contributed by atoms with E-state index < -0.39 is 28.5 Å². The molecular weight excluding hydrogens is 661 g/mol. The van der Waals surface area contributed by atoms with Crippen LogP contribution in [0.3, 0.4) is 0 Å². The van der Waals surface area contributed by atoms with Crippen LogP contribution in [-0.2, 0) is 28.7 Å². The van der Waals surface area contributed by atoms with Crippen molar-refractivity contribution >= 4 is 35.7 Å². The Bertz CT molecular complexity index is 1500. The fraction of sp³-hybridized carbons (Fsp3) is 0.571. The lowest BCUT2D eigenvalue weighted by atomic mass is 9.84. The highest BCUT2D eigenvalue weighted by atomic mass is 35.5. The Hall–Kier alpha value is -3.39. The number of hydrogen-bond acceptors (Lipinski definition) is 7. The first-order valence-corrected chi connectivity index (χ1v) is 17.6. The number of benzene rings is 2. The molecule has 0 aromatic heterocycles. The first-order chi connectivity index (χ1) is 23.6. The van der Waals surface area contributed by atoms with Gasteiger partial charge in [-0.1, -0.05) is 35.9 Å². The molecule has 266 valence electrons. The van der Waals surface area contributed by atoms with Crippen molar-refractivity contribution in [3.8, 4) is 0 Å². The monoisotopic (exact) mass is 704 g/mol. The van der Waals surface area contributed by atoms with E-state index in [2.05, 4.69) is 20.4 Å². The predicted octanol–water partition coefficient (Wildman–Crippen LogP) is 5.60. The fourth-order valence-corrected chi connectivity index (χ4v) is 8.39. The molecule has 14 heteroatoms. The van der Waals surface area contributed by atoms with Crippen LogP contribution in [0, 0.1) is 0 Å². The van der Waals surface area contributed by atoms with Gasteiger partial charge in [0.15, 0.2) is 0 Å². The lowest BCUT2D eigenvalue weighted by Gasteiger charge is -2.57. The van der Waals surface area contributed by atoms with Crippen molar-refractivity contribution in [2.24, 2.45) is 0 Å². The van der Waals surface area contributed by atoms with E-state index in [9.17, 15) is 27.6 Å². The number of rotatable bonds is 7. The Kier molecular flexibility index (Phi) is 11.0. The number of likely N-dealkylation sites (tertiary alicyclic amines) is 2. The van der Waals surface area contributed by atoms with Crippen LogP contribution in [0.25, 0.3) is 0 Å². The zero-order chi connectivity index (χ0) is 34.6. The van der Waals surface area contributed by atoms with E-state index in [1.807, 2.05) is 29.2 Å². The van der Waals surface area contributed by atoms with Gasteiger partial charge in [0.2, 0.25) is 0 Å². The van der Waals surface area contributed by atoms with Gasteiger partial charge in [0, 0.05) is 69.9 Å². The average Bonchev–Trinajstić information content (AvgIpc) is 3.46. The van der Waals surface area contributed by atoms with Crippen LogP contribution in [-0.4, -0.2) is 108 Å². The van der Waals surface area contributed by atoms with Crippen molar-refractivity contribution in [3.63, 3.8) is 0 Å². The second-order valence-electron chi connectivity index (χ2n) is 13.4. The third kappa shape index (κ3) is 7.84. The molecular formula is C35H44ClF3N6O4. The normalized spacial score (nSPS) is 24.8. The summed E-state index contributed by atoms with van der Waals surface area (Å²) < 4.78 is 45.5. The maximum Gasteiger partial charge on any atom is 0.417 e. The largest absolute Gasteiger partial charge is 0.444 e. The summed E-state index contributed by atoms with van der Waals surface area (Å²) in [6.07, 6.45) is -0.0680. The second-order valence-corrected chi connectivity index (χ2v) is 13.8.